The SMILES string of the molecule is COc1cccc(N(CCCC(=O)N(Cc2ccccc2)C(Cc2ccccc2)C(=O)NC(C)(C)C)S(C)(=O)=O)c1. The number of sulfonamides is 1. The number of nitrogens with zero attached hydrogens (tertiary/aromatic N) is 2. The van der Waals surface area contributed by atoms with Gasteiger partial charge in [-0.2, -0.15) is 0 Å². The molecule has 0 bridgehead atoms. The zero-order chi connectivity index (χ0) is 30.0. The highest BCUT2D eigenvalue weighted by atomic mass is 32.2. The van der Waals surface area contributed by atoms with Gasteiger partial charge in [-0.1, -0.05) is 66.7 Å². The van der Waals surface area contributed by atoms with E-state index in [0.29, 0.717) is 17.9 Å². The largest absolute Gasteiger partial charge is 0.497 e. The van der Waals surface area contributed by atoms with Gasteiger partial charge >= 0.3 is 0 Å². The van der Waals surface area contributed by atoms with E-state index in [-0.39, 0.29) is 37.7 Å². The number of amides is 2. The van der Waals surface area contributed by atoms with Crippen LogP contribution in [-0.4, -0.2) is 56.6 Å². The summed E-state index contributed by atoms with van der Waals surface area (Å²) >= 11 is 0. The summed E-state index contributed by atoms with van der Waals surface area (Å²) in [6.07, 6.45) is 1.83. The minimum atomic E-state index is -3.61. The van der Waals surface area contributed by atoms with Gasteiger partial charge in [0, 0.05) is 37.5 Å². The summed E-state index contributed by atoms with van der Waals surface area (Å²) in [5.74, 6) is 0.0765. The molecule has 0 saturated carbocycles. The topological polar surface area (TPSA) is 96.0 Å². The van der Waals surface area contributed by atoms with E-state index in [1.807, 2.05) is 81.4 Å². The van der Waals surface area contributed by atoms with Gasteiger partial charge in [-0.05, 0) is 50.5 Å². The van der Waals surface area contributed by atoms with Crippen LogP contribution in [0.15, 0.2) is 84.9 Å². The zero-order valence-corrected chi connectivity index (χ0v) is 25.4. The first-order chi connectivity index (χ1) is 19.4. The van der Waals surface area contributed by atoms with Crippen LogP contribution in [0.2, 0.25) is 0 Å². The molecule has 3 rings (SSSR count). The van der Waals surface area contributed by atoms with Crippen LogP contribution in [0.5, 0.6) is 5.75 Å². The third-order valence-corrected chi connectivity index (χ3v) is 7.65. The lowest BCUT2D eigenvalue weighted by atomic mass is 10.00. The van der Waals surface area contributed by atoms with Crippen molar-refractivity contribution < 1.29 is 22.7 Å². The molecule has 0 fully saturated rings. The number of rotatable bonds is 13. The Morgan fingerprint density at radius 2 is 1.51 bits per heavy atom. The Morgan fingerprint density at radius 1 is 0.902 bits per heavy atom. The molecule has 1 N–H and O–H groups in total. The summed E-state index contributed by atoms with van der Waals surface area (Å²) in [6.45, 7) is 6.08. The minimum Gasteiger partial charge on any atom is -0.497 e. The van der Waals surface area contributed by atoms with E-state index in [4.69, 9.17) is 4.74 Å². The van der Waals surface area contributed by atoms with Crippen molar-refractivity contribution in [2.75, 3.05) is 24.2 Å². The highest BCUT2D eigenvalue weighted by Gasteiger charge is 2.32. The van der Waals surface area contributed by atoms with Crippen LogP contribution < -0.4 is 14.4 Å². The number of methoxy groups -OCH3 is 1. The van der Waals surface area contributed by atoms with E-state index in [0.717, 1.165) is 17.4 Å². The van der Waals surface area contributed by atoms with E-state index in [2.05, 4.69) is 5.32 Å². The monoisotopic (exact) mass is 579 g/mol. The van der Waals surface area contributed by atoms with Gasteiger partial charge in [0.15, 0.2) is 0 Å². The molecule has 0 aliphatic rings. The fourth-order valence-electron chi connectivity index (χ4n) is 4.56. The molecule has 0 saturated heterocycles. The number of benzene rings is 3. The van der Waals surface area contributed by atoms with Gasteiger partial charge in [-0.3, -0.25) is 13.9 Å². The van der Waals surface area contributed by atoms with Crippen LogP contribution >= 0.6 is 0 Å². The first kappa shape index (κ1) is 31.7. The average molecular weight is 580 g/mol. The first-order valence-electron chi connectivity index (χ1n) is 13.7. The second-order valence-electron chi connectivity index (χ2n) is 11.1. The Bertz CT molecular complexity index is 1390. The van der Waals surface area contributed by atoms with Crippen molar-refractivity contribution in [3.05, 3.63) is 96.1 Å². The average Bonchev–Trinajstić information content (AvgIpc) is 2.92. The number of anilines is 1. The minimum absolute atomic E-state index is 0.0664. The molecule has 8 nitrogen and oxygen atoms in total. The summed E-state index contributed by atoms with van der Waals surface area (Å²) in [7, 11) is -2.09. The molecule has 0 radical (unpaired) electrons. The van der Waals surface area contributed by atoms with Crippen molar-refractivity contribution in [1.82, 2.24) is 10.2 Å². The van der Waals surface area contributed by atoms with E-state index in [9.17, 15) is 18.0 Å². The van der Waals surface area contributed by atoms with E-state index >= 15 is 0 Å². The Morgan fingerprint density at radius 3 is 2.07 bits per heavy atom. The molecule has 2 amide bonds. The maximum Gasteiger partial charge on any atom is 0.243 e. The van der Waals surface area contributed by atoms with E-state index < -0.39 is 21.6 Å². The number of carbonyl (C=O) groups excluding carboxylic acids is 2. The van der Waals surface area contributed by atoms with Gasteiger partial charge in [0.25, 0.3) is 0 Å². The van der Waals surface area contributed by atoms with Crippen LogP contribution in [-0.2, 0) is 32.6 Å². The molecule has 9 heteroatoms. The van der Waals surface area contributed by atoms with Gasteiger partial charge in [0.1, 0.15) is 11.8 Å². The van der Waals surface area contributed by atoms with Crippen LogP contribution in [0.25, 0.3) is 0 Å². The molecule has 0 heterocycles. The van der Waals surface area contributed by atoms with Crippen molar-refractivity contribution in [3.63, 3.8) is 0 Å². The van der Waals surface area contributed by atoms with Crippen LogP contribution in [0.3, 0.4) is 0 Å². The molecule has 0 spiro atoms. The molecule has 1 atom stereocenters. The molecule has 220 valence electrons. The fraction of sp³-hybridized carbons (Fsp3) is 0.375. The van der Waals surface area contributed by atoms with Crippen molar-refractivity contribution in [2.24, 2.45) is 0 Å². The summed E-state index contributed by atoms with van der Waals surface area (Å²) < 4.78 is 31.8. The third-order valence-electron chi connectivity index (χ3n) is 6.46. The van der Waals surface area contributed by atoms with Crippen LogP contribution in [0, 0.1) is 0 Å². The molecule has 0 aliphatic heterocycles. The third kappa shape index (κ3) is 9.93. The normalized spacial score (nSPS) is 12.3. The molecule has 3 aromatic carbocycles. The van der Waals surface area contributed by atoms with Gasteiger partial charge < -0.3 is 15.0 Å². The van der Waals surface area contributed by atoms with E-state index in [1.165, 1.54) is 11.4 Å². The zero-order valence-electron chi connectivity index (χ0n) is 24.5. The van der Waals surface area contributed by atoms with Gasteiger partial charge in [0.05, 0.1) is 19.1 Å². The van der Waals surface area contributed by atoms with Gasteiger partial charge in [0.2, 0.25) is 21.8 Å². The maximum atomic E-state index is 13.9. The number of carbonyl (C=O) groups is 2. The van der Waals surface area contributed by atoms with Crippen molar-refractivity contribution in [2.45, 2.75) is 58.2 Å². The van der Waals surface area contributed by atoms with Crippen LogP contribution in [0.4, 0.5) is 5.69 Å². The molecule has 0 aromatic heterocycles. The Hall–Kier alpha value is -3.85. The molecule has 3 aromatic rings. The summed E-state index contributed by atoms with van der Waals surface area (Å²) in [4.78, 5) is 29.2. The molecule has 41 heavy (non-hydrogen) atoms. The lowest BCUT2D eigenvalue weighted by molar-refractivity contribution is -0.142. The second-order valence-corrected chi connectivity index (χ2v) is 13.0. The maximum absolute atomic E-state index is 13.9. The highest BCUT2D eigenvalue weighted by molar-refractivity contribution is 7.92. The number of hydrogen-bond donors (Lipinski definition) is 1. The molecule has 1 unspecified atom stereocenters. The van der Waals surface area contributed by atoms with E-state index in [1.54, 1.807) is 29.2 Å². The van der Waals surface area contributed by atoms with Gasteiger partial charge in [-0.15, -0.1) is 0 Å². The smallest absolute Gasteiger partial charge is 0.243 e. The molecule has 0 aliphatic carbocycles. The van der Waals surface area contributed by atoms with Crippen molar-refractivity contribution >= 4 is 27.5 Å². The fourth-order valence-corrected chi connectivity index (χ4v) is 5.51. The number of ether oxygens (including phenoxy) is 1. The Labute approximate surface area is 244 Å². The lowest BCUT2D eigenvalue weighted by Gasteiger charge is -2.34. The highest BCUT2D eigenvalue weighted by Crippen LogP contribution is 2.24. The Balaban J connectivity index is 1.88. The van der Waals surface area contributed by atoms with Crippen molar-refractivity contribution in [1.29, 1.82) is 0 Å². The van der Waals surface area contributed by atoms with Gasteiger partial charge in [-0.25, -0.2) is 8.42 Å². The summed E-state index contributed by atoms with van der Waals surface area (Å²) in [5.41, 5.74) is 1.82. The second kappa shape index (κ2) is 14.2. The first-order valence-corrected chi connectivity index (χ1v) is 15.5. The predicted octanol–water partition coefficient (Wildman–Crippen LogP) is 4.80. The lowest BCUT2D eigenvalue weighted by Crippen LogP contribution is -2.54. The number of nitrogens with one attached hydrogen (secondary N) is 1. The van der Waals surface area contributed by atoms with Crippen molar-refractivity contribution in [3.8, 4) is 5.75 Å². The summed E-state index contributed by atoms with van der Waals surface area (Å²) in [6, 6.07) is 25.2. The molecular formula is C32H41N3O5S. The standard InChI is InChI=1S/C32H41N3O5S/c1-32(2,3)33-31(37)29(22-25-14-8-6-9-15-25)34(24-26-16-10-7-11-17-26)30(36)20-13-21-35(41(5,38)39)27-18-12-19-28(23-27)40-4/h6-12,14-19,23,29H,13,20-22,24H2,1-5H3,(H,33,37). The Kier molecular flexibility index (Phi) is 10.9. The predicted molar refractivity (Wildman–Crippen MR) is 163 cm³/mol. The molecular weight excluding hydrogens is 538 g/mol. The summed E-state index contributed by atoms with van der Waals surface area (Å²) in [5, 5.41) is 3.05. The van der Waals surface area contributed by atoms with Crippen LogP contribution in [0.1, 0.15) is 44.7 Å². The quantitative estimate of drug-likeness (QED) is 0.314. The number of hydrogen-bond acceptors (Lipinski definition) is 5.